The van der Waals surface area contributed by atoms with E-state index in [4.69, 9.17) is 11.6 Å². The Morgan fingerprint density at radius 2 is 2.11 bits per heavy atom. The summed E-state index contributed by atoms with van der Waals surface area (Å²) in [6.45, 7) is 0. The van der Waals surface area contributed by atoms with E-state index in [1.807, 2.05) is 6.07 Å². The zero-order chi connectivity index (χ0) is 12.7. The van der Waals surface area contributed by atoms with E-state index < -0.39 is 0 Å². The molecule has 0 bridgehead atoms. The van der Waals surface area contributed by atoms with Crippen LogP contribution in [-0.4, -0.2) is 20.1 Å². The number of hydrogen-bond donors (Lipinski definition) is 2. The fourth-order valence-corrected chi connectivity index (χ4v) is 2.20. The van der Waals surface area contributed by atoms with E-state index in [1.54, 1.807) is 18.3 Å². The first-order valence-corrected chi connectivity index (χ1v) is 6.31. The Kier molecular flexibility index (Phi) is 2.72. The lowest BCUT2D eigenvalue weighted by Gasteiger charge is -2.00. The number of benzene rings is 1. The summed E-state index contributed by atoms with van der Waals surface area (Å²) in [6, 6.07) is 6.69. The number of aromatic hydroxyl groups is 1. The van der Waals surface area contributed by atoms with Gasteiger partial charge in [-0.2, -0.15) is 0 Å². The molecule has 2 N–H and O–H groups in total. The highest BCUT2D eigenvalue weighted by Gasteiger charge is 2.11. The maximum Gasteiger partial charge on any atom is 0.178 e. The number of fused-ring (bicyclic) bond motifs is 1. The standard InChI is InChI=1S/C12H7BrClN3O/c13-6-3-9-12(15-5-6)17-11(16-9)8-4-7(14)1-2-10(8)18/h1-5,18H,(H,15,16,17). The minimum Gasteiger partial charge on any atom is -0.507 e. The maximum atomic E-state index is 9.82. The minimum absolute atomic E-state index is 0.123. The smallest absolute Gasteiger partial charge is 0.178 e. The largest absolute Gasteiger partial charge is 0.507 e. The molecule has 0 unspecified atom stereocenters. The summed E-state index contributed by atoms with van der Waals surface area (Å²) in [6.07, 6.45) is 1.67. The number of hydrogen-bond acceptors (Lipinski definition) is 3. The van der Waals surface area contributed by atoms with Crippen molar-refractivity contribution in [2.24, 2.45) is 0 Å². The Morgan fingerprint density at radius 1 is 1.28 bits per heavy atom. The third-order valence-corrected chi connectivity index (χ3v) is 3.19. The predicted molar refractivity (Wildman–Crippen MR) is 73.7 cm³/mol. The van der Waals surface area contributed by atoms with Crippen LogP contribution in [0.1, 0.15) is 0 Å². The normalized spacial score (nSPS) is 11.0. The van der Waals surface area contributed by atoms with Gasteiger partial charge in [0.25, 0.3) is 0 Å². The van der Waals surface area contributed by atoms with Crippen molar-refractivity contribution >= 4 is 38.7 Å². The second-order valence-corrected chi connectivity index (χ2v) is 5.12. The van der Waals surface area contributed by atoms with E-state index in [1.165, 1.54) is 6.07 Å². The van der Waals surface area contributed by atoms with Gasteiger partial charge in [0.1, 0.15) is 11.6 Å². The molecule has 18 heavy (non-hydrogen) atoms. The SMILES string of the molecule is Oc1ccc(Cl)cc1-c1nc2ncc(Br)cc2[nH]1. The molecule has 0 amide bonds. The monoisotopic (exact) mass is 323 g/mol. The summed E-state index contributed by atoms with van der Waals surface area (Å²) >= 11 is 9.26. The van der Waals surface area contributed by atoms with Crippen molar-refractivity contribution in [2.75, 3.05) is 0 Å². The highest BCUT2D eigenvalue weighted by molar-refractivity contribution is 9.10. The van der Waals surface area contributed by atoms with Crippen molar-refractivity contribution in [1.29, 1.82) is 0 Å². The number of nitrogens with one attached hydrogen (secondary N) is 1. The number of pyridine rings is 1. The van der Waals surface area contributed by atoms with Gasteiger partial charge in [0.2, 0.25) is 0 Å². The van der Waals surface area contributed by atoms with Gasteiger partial charge >= 0.3 is 0 Å². The average Bonchev–Trinajstić information content (AvgIpc) is 2.74. The lowest BCUT2D eigenvalue weighted by molar-refractivity contribution is 0.477. The molecule has 2 aromatic heterocycles. The zero-order valence-electron chi connectivity index (χ0n) is 8.98. The van der Waals surface area contributed by atoms with Gasteiger partial charge in [-0.1, -0.05) is 11.6 Å². The van der Waals surface area contributed by atoms with Crippen molar-refractivity contribution in [2.45, 2.75) is 0 Å². The van der Waals surface area contributed by atoms with Crippen LogP contribution in [0.2, 0.25) is 5.02 Å². The number of phenolic OH excluding ortho intramolecular Hbond substituents is 1. The van der Waals surface area contributed by atoms with Crippen LogP contribution in [0.25, 0.3) is 22.6 Å². The van der Waals surface area contributed by atoms with Crippen LogP contribution in [0.3, 0.4) is 0 Å². The number of halogens is 2. The molecule has 0 aliphatic rings. The number of aromatic nitrogens is 3. The Labute approximate surface area is 116 Å². The lowest BCUT2D eigenvalue weighted by Crippen LogP contribution is -1.81. The Balaban J connectivity index is 2.22. The van der Waals surface area contributed by atoms with Gasteiger partial charge in [-0.05, 0) is 40.2 Å². The number of aromatic amines is 1. The molecule has 1 aromatic carbocycles. The molecule has 90 valence electrons. The summed E-state index contributed by atoms with van der Waals surface area (Å²) in [5.41, 5.74) is 1.93. The molecule has 0 aliphatic carbocycles. The summed E-state index contributed by atoms with van der Waals surface area (Å²) < 4.78 is 0.862. The number of phenols is 1. The molecule has 0 spiro atoms. The van der Waals surface area contributed by atoms with Gasteiger partial charge in [0.15, 0.2) is 5.65 Å². The zero-order valence-corrected chi connectivity index (χ0v) is 11.3. The van der Waals surface area contributed by atoms with Crippen molar-refractivity contribution < 1.29 is 5.11 Å². The van der Waals surface area contributed by atoms with Crippen LogP contribution in [-0.2, 0) is 0 Å². The predicted octanol–water partition coefficient (Wildman–Crippen LogP) is 3.75. The van der Waals surface area contributed by atoms with Crippen LogP contribution >= 0.6 is 27.5 Å². The molecule has 0 atom stereocenters. The van der Waals surface area contributed by atoms with Gasteiger partial charge in [-0.3, -0.25) is 0 Å². The topological polar surface area (TPSA) is 61.8 Å². The third kappa shape index (κ3) is 1.95. The van der Waals surface area contributed by atoms with Crippen molar-refractivity contribution in [3.05, 3.63) is 40.0 Å². The Hall–Kier alpha value is -1.59. The molecule has 3 rings (SSSR count). The fourth-order valence-electron chi connectivity index (χ4n) is 1.70. The molecule has 0 fully saturated rings. The number of H-pyrrole nitrogens is 1. The van der Waals surface area contributed by atoms with Crippen LogP contribution in [0.15, 0.2) is 34.9 Å². The highest BCUT2D eigenvalue weighted by atomic mass is 79.9. The Bertz CT molecular complexity index is 741. The fraction of sp³-hybridized carbons (Fsp3) is 0. The van der Waals surface area contributed by atoms with E-state index in [0.717, 1.165) is 9.99 Å². The summed E-state index contributed by atoms with van der Waals surface area (Å²) in [7, 11) is 0. The second kappa shape index (κ2) is 4.26. The van der Waals surface area contributed by atoms with Gasteiger partial charge in [-0.25, -0.2) is 9.97 Å². The van der Waals surface area contributed by atoms with Crippen LogP contribution in [0.5, 0.6) is 5.75 Å². The number of nitrogens with zero attached hydrogens (tertiary/aromatic N) is 2. The molecule has 0 saturated carbocycles. The molecule has 6 heteroatoms. The van der Waals surface area contributed by atoms with Crippen molar-refractivity contribution in [3.8, 4) is 17.1 Å². The second-order valence-electron chi connectivity index (χ2n) is 3.77. The average molecular weight is 325 g/mol. The number of rotatable bonds is 1. The lowest BCUT2D eigenvalue weighted by atomic mass is 10.2. The number of imidazole rings is 1. The van der Waals surface area contributed by atoms with Gasteiger partial charge in [0.05, 0.1) is 11.1 Å². The first-order valence-electron chi connectivity index (χ1n) is 5.13. The quantitative estimate of drug-likeness (QED) is 0.716. The van der Waals surface area contributed by atoms with E-state index in [2.05, 4.69) is 30.9 Å². The van der Waals surface area contributed by atoms with Gasteiger partial charge < -0.3 is 10.1 Å². The van der Waals surface area contributed by atoms with Gasteiger partial charge in [0, 0.05) is 15.7 Å². The molecule has 0 aliphatic heterocycles. The van der Waals surface area contributed by atoms with Crippen LogP contribution in [0.4, 0.5) is 0 Å². The van der Waals surface area contributed by atoms with Gasteiger partial charge in [-0.15, -0.1) is 0 Å². The minimum atomic E-state index is 0.123. The molecule has 2 heterocycles. The van der Waals surface area contributed by atoms with E-state index in [9.17, 15) is 5.11 Å². The van der Waals surface area contributed by atoms with Crippen LogP contribution in [0, 0.1) is 0 Å². The molecule has 0 saturated heterocycles. The van der Waals surface area contributed by atoms with Crippen molar-refractivity contribution in [3.63, 3.8) is 0 Å². The molecule has 0 radical (unpaired) electrons. The summed E-state index contributed by atoms with van der Waals surface area (Å²) in [5, 5.41) is 10.4. The maximum absolute atomic E-state index is 9.82. The molecular weight excluding hydrogens is 318 g/mol. The first-order chi connectivity index (χ1) is 8.63. The summed E-state index contributed by atoms with van der Waals surface area (Å²) in [5.74, 6) is 0.660. The van der Waals surface area contributed by atoms with E-state index >= 15 is 0 Å². The first kappa shape index (κ1) is 11.5. The van der Waals surface area contributed by atoms with E-state index in [-0.39, 0.29) is 5.75 Å². The highest BCUT2D eigenvalue weighted by Crippen LogP contribution is 2.31. The molecular formula is C12H7BrClN3O. The molecule has 3 aromatic rings. The Morgan fingerprint density at radius 3 is 2.94 bits per heavy atom. The van der Waals surface area contributed by atoms with Crippen LogP contribution < -0.4 is 0 Å². The third-order valence-electron chi connectivity index (χ3n) is 2.52. The van der Waals surface area contributed by atoms with Crippen molar-refractivity contribution in [1.82, 2.24) is 15.0 Å². The molecule has 4 nitrogen and oxygen atoms in total. The van der Waals surface area contributed by atoms with E-state index in [0.29, 0.717) is 22.1 Å². The summed E-state index contributed by atoms with van der Waals surface area (Å²) in [4.78, 5) is 11.6.